The molecule has 2 aromatic carbocycles. The summed E-state index contributed by atoms with van der Waals surface area (Å²) in [6.45, 7) is 4.94. The van der Waals surface area contributed by atoms with Gasteiger partial charge in [0.15, 0.2) is 5.69 Å². The van der Waals surface area contributed by atoms with Crippen LogP contribution in [-0.2, 0) is 14.3 Å². The van der Waals surface area contributed by atoms with Crippen molar-refractivity contribution in [2.45, 2.75) is 26.8 Å². The number of phenols is 1. The average molecular weight is 526 g/mol. The topological polar surface area (TPSA) is 178 Å². The lowest BCUT2D eigenvalue weighted by molar-refractivity contribution is -0.143. The van der Waals surface area contributed by atoms with Gasteiger partial charge in [0.1, 0.15) is 23.2 Å². The molecule has 0 fully saturated rings. The Morgan fingerprint density at radius 2 is 1.81 bits per heavy atom. The summed E-state index contributed by atoms with van der Waals surface area (Å²) in [5.74, 6) is -2.99. The summed E-state index contributed by atoms with van der Waals surface area (Å²) in [5.41, 5.74) is 13.2. The van der Waals surface area contributed by atoms with E-state index in [9.17, 15) is 24.3 Å². The molecule has 1 atom stereocenters. The van der Waals surface area contributed by atoms with E-state index in [0.29, 0.717) is 28.3 Å². The number of hydrogen-bond acceptors (Lipinski definition) is 9. The number of benzene rings is 2. The minimum absolute atomic E-state index is 0.0446. The molecule has 0 aliphatic rings. The normalized spacial score (nSPS) is 11.4. The largest absolute Gasteiger partial charge is 0.508 e. The standard InChI is InChI=1S/C25H27N5O6S/c1-4-36-18(32)12-28-24(34)21(15-7-9-16(31)10-8-15)30(17-11-13(2)5-6-14(17)3)25(35)22-19(26)20(23(27)33)29-37-22/h5-11,21,31H,4,12,26H2,1-3H3,(H2,27,33)(H,28,34)/t21-/m1/s1. The minimum atomic E-state index is -1.30. The van der Waals surface area contributed by atoms with Gasteiger partial charge in [0, 0.05) is 5.69 Å². The molecule has 0 aliphatic heterocycles. The monoisotopic (exact) mass is 525 g/mol. The predicted octanol–water partition coefficient (Wildman–Crippen LogP) is 2.21. The molecule has 3 aromatic rings. The fourth-order valence-electron chi connectivity index (χ4n) is 3.63. The number of rotatable bonds is 9. The summed E-state index contributed by atoms with van der Waals surface area (Å²) < 4.78 is 8.82. The second-order valence-electron chi connectivity index (χ2n) is 8.12. The van der Waals surface area contributed by atoms with Crippen LogP contribution in [0, 0.1) is 13.8 Å². The van der Waals surface area contributed by atoms with Gasteiger partial charge in [0.05, 0.1) is 12.3 Å². The number of primary amides is 1. The Morgan fingerprint density at radius 1 is 1.14 bits per heavy atom. The second-order valence-corrected chi connectivity index (χ2v) is 8.89. The molecule has 0 saturated carbocycles. The van der Waals surface area contributed by atoms with Gasteiger partial charge >= 0.3 is 5.97 Å². The number of nitrogens with two attached hydrogens (primary N) is 2. The number of carbonyl (C=O) groups excluding carboxylic acids is 4. The number of aromatic nitrogens is 1. The van der Waals surface area contributed by atoms with E-state index in [1.54, 1.807) is 26.0 Å². The number of carbonyl (C=O) groups is 4. The van der Waals surface area contributed by atoms with Crippen molar-refractivity contribution in [2.24, 2.45) is 5.73 Å². The number of nitrogen functional groups attached to an aromatic ring is 1. The Hall–Kier alpha value is -4.45. The van der Waals surface area contributed by atoms with E-state index in [4.69, 9.17) is 16.2 Å². The van der Waals surface area contributed by atoms with Crippen molar-refractivity contribution in [3.05, 3.63) is 69.7 Å². The van der Waals surface area contributed by atoms with Crippen LogP contribution in [0.25, 0.3) is 0 Å². The first-order valence-corrected chi connectivity index (χ1v) is 12.0. The fraction of sp³-hybridized carbons (Fsp3) is 0.240. The molecule has 0 spiro atoms. The number of hydrogen-bond donors (Lipinski definition) is 4. The van der Waals surface area contributed by atoms with E-state index in [-0.39, 0.29) is 28.6 Å². The molecule has 0 saturated heterocycles. The van der Waals surface area contributed by atoms with Gasteiger partial charge in [-0.3, -0.25) is 24.1 Å². The minimum Gasteiger partial charge on any atom is -0.508 e. The van der Waals surface area contributed by atoms with Gasteiger partial charge in [-0.1, -0.05) is 24.3 Å². The van der Waals surface area contributed by atoms with Gasteiger partial charge in [0.25, 0.3) is 11.8 Å². The number of aryl methyl sites for hydroxylation is 2. The Balaban J connectivity index is 2.20. The van der Waals surface area contributed by atoms with Gasteiger partial charge in [-0.25, -0.2) is 0 Å². The van der Waals surface area contributed by atoms with Crippen molar-refractivity contribution >= 4 is 46.6 Å². The molecule has 1 aromatic heterocycles. The quantitative estimate of drug-likeness (QED) is 0.307. The highest BCUT2D eigenvalue weighted by atomic mass is 32.1. The van der Waals surface area contributed by atoms with Crippen LogP contribution in [0.2, 0.25) is 0 Å². The van der Waals surface area contributed by atoms with Gasteiger partial charge in [-0.05, 0) is 67.2 Å². The number of ether oxygens (including phenoxy) is 1. The van der Waals surface area contributed by atoms with Crippen molar-refractivity contribution in [1.82, 2.24) is 9.69 Å². The third kappa shape index (κ3) is 6.04. The second kappa shape index (κ2) is 11.5. The number of esters is 1. The van der Waals surface area contributed by atoms with E-state index in [1.165, 1.54) is 29.2 Å². The van der Waals surface area contributed by atoms with Crippen molar-refractivity contribution < 1.29 is 29.0 Å². The zero-order valence-electron chi connectivity index (χ0n) is 20.5. The van der Waals surface area contributed by atoms with Crippen LogP contribution in [0.3, 0.4) is 0 Å². The third-order valence-corrected chi connectivity index (χ3v) is 6.28. The Morgan fingerprint density at radius 3 is 2.41 bits per heavy atom. The molecule has 0 bridgehead atoms. The molecule has 3 rings (SSSR count). The lowest BCUT2D eigenvalue weighted by Gasteiger charge is -2.32. The zero-order chi connectivity index (χ0) is 27.3. The summed E-state index contributed by atoms with van der Waals surface area (Å²) in [7, 11) is 0. The van der Waals surface area contributed by atoms with Crippen LogP contribution >= 0.6 is 11.5 Å². The third-order valence-electron chi connectivity index (χ3n) is 5.43. The molecule has 11 nitrogen and oxygen atoms in total. The van der Waals surface area contributed by atoms with Crippen LogP contribution in [0.15, 0.2) is 42.5 Å². The fourth-order valence-corrected chi connectivity index (χ4v) is 4.37. The number of anilines is 2. The van der Waals surface area contributed by atoms with Crippen molar-refractivity contribution in [3.63, 3.8) is 0 Å². The molecular formula is C25H27N5O6S. The van der Waals surface area contributed by atoms with Crippen molar-refractivity contribution in [3.8, 4) is 5.75 Å². The van der Waals surface area contributed by atoms with Gasteiger partial charge in [-0.15, -0.1) is 0 Å². The molecule has 0 radical (unpaired) electrons. The molecule has 37 heavy (non-hydrogen) atoms. The first-order chi connectivity index (χ1) is 17.5. The summed E-state index contributed by atoms with van der Waals surface area (Å²) in [6, 6.07) is 9.79. The summed E-state index contributed by atoms with van der Waals surface area (Å²) >= 11 is 0.684. The zero-order valence-corrected chi connectivity index (χ0v) is 21.3. The molecule has 6 N–H and O–H groups in total. The molecule has 194 valence electrons. The van der Waals surface area contributed by atoms with E-state index in [0.717, 1.165) is 5.56 Å². The van der Waals surface area contributed by atoms with E-state index in [1.807, 2.05) is 13.0 Å². The molecular weight excluding hydrogens is 498 g/mol. The summed E-state index contributed by atoms with van der Waals surface area (Å²) in [5, 5.41) is 12.3. The van der Waals surface area contributed by atoms with Gasteiger partial charge in [-0.2, -0.15) is 4.37 Å². The first kappa shape index (κ1) is 27.1. The van der Waals surface area contributed by atoms with Crippen LogP contribution in [-0.4, -0.2) is 46.3 Å². The smallest absolute Gasteiger partial charge is 0.325 e. The molecule has 0 aliphatic carbocycles. The Labute approximate surface area is 217 Å². The highest BCUT2D eigenvalue weighted by Crippen LogP contribution is 2.35. The SMILES string of the molecule is CCOC(=O)CNC(=O)[C@@H](c1ccc(O)cc1)N(C(=O)c1snc(C(N)=O)c1N)c1cc(C)ccc1C. The predicted molar refractivity (Wildman–Crippen MR) is 138 cm³/mol. The molecule has 1 heterocycles. The van der Waals surface area contributed by atoms with E-state index in [2.05, 4.69) is 9.69 Å². The maximum absolute atomic E-state index is 14.0. The van der Waals surface area contributed by atoms with Crippen LogP contribution in [0.5, 0.6) is 5.75 Å². The lowest BCUT2D eigenvalue weighted by atomic mass is 10.0. The van der Waals surface area contributed by atoms with Crippen LogP contribution in [0.4, 0.5) is 11.4 Å². The van der Waals surface area contributed by atoms with Crippen molar-refractivity contribution in [2.75, 3.05) is 23.8 Å². The summed E-state index contributed by atoms with van der Waals surface area (Å²) in [4.78, 5) is 52.4. The van der Waals surface area contributed by atoms with Crippen LogP contribution in [0.1, 0.15) is 49.8 Å². The number of aromatic hydroxyl groups is 1. The maximum atomic E-state index is 14.0. The highest BCUT2D eigenvalue weighted by Gasteiger charge is 2.37. The van der Waals surface area contributed by atoms with E-state index >= 15 is 0 Å². The van der Waals surface area contributed by atoms with Gasteiger partial charge < -0.3 is 26.6 Å². The molecule has 12 heteroatoms. The Bertz CT molecular complexity index is 1340. The van der Waals surface area contributed by atoms with E-state index < -0.39 is 36.3 Å². The highest BCUT2D eigenvalue weighted by molar-refractivity contribution is 7.09. The van der Waals surface area contributed by atoms with Crippen LogP contribution < -0.4 is 21.7 Å². The number of amides is 3. The summed E-state index contributed by atoms with van der Waals surface area (Å²) in [6.07, 6.45) is 0. The first-order valence-electron chi connectivity index (χ1n) is 11.2. The number of nitrogens with one attached hydrogen (secondary N) is 1. The Kier molecular flexibility index (Phi) is 8.45. The number of nitrogens with zero attached hydrogens (tertiary/aromatic N) is 2. The molecule has 3 amide bonds. The van der Waals surface area contributed by atoms with Crippen molar-refractivity contribution in [1.29, 1.82) is 0 Å². The maximum Gasteiger partial charge on any atom is 0.325 e. The average Bonchev–Trinajstić information content (AvgIpc) is 3.25. The van der Waals surface area contributed by atoms with Gasteiger partial charge in [0.2, 0.25) is 5.91 Å². The lowest BCUT2D eigenvalue weighted by Crippen LogP contribution is -2.45. The molecule has 0 unspecified atom stereocenters. The number of phenolic OH excluding ortho intramolecular Hbond substituents is 1.